The maximum atomic E-state index is 9.83. The molecule has 0 fully saturated rings. The lowest BCUT2D eigenvalue weighted by atomic mass is 9.97. The zero-order valence-electron chi connectivity index (χ0n) is 10.2. The van der Waals surface area contributed by atoms with Crippen LogP contribution in [-0.2, 0) is 5.60 Å². The second-order valence-corrected chi connectivity index (χ2v) is 4.71. The van der Waals surface area contributed by atoms with Gasteiger partial charge in [0.25, 0.3) is 0 Å². The molecule has 0 amide bonds. The van der Waals surface area contributed by atoms with Gasteiger partial charge in [0, 0.05) is 11.1 Å². The number of allylic oxidation sites excluding steroid dienone is 4. The SMILES string of the molecule is CC(C)(O)c1ccc(C#CC2=CC=CC2)cc1. The summed E-state index contributed by atoms with van der Waals surface area (Å²) in [6.45, 7) is 3.56. The van der Waals surface area contributed by atoms with Gasteiger partial charge in [0.05, 0.1) is 5.60 Å². The summed E-state index contributed by atoms with van der Waals surface area (Å²) in [7, 11) is 0. The molecule has 1 heteroatoms. The van der Waals surface area contributed by atoms with Crippen LogP contribution in [0, 0.1) is 11.8 Å². The first kappa shape index (κ1) is 11.7. The summed E-state index contributed by atoms with van der Waals surface area (Å²) in [4.78, 5) is 0. The van der Waals surface area contributed by atoms with Gasteiger partial charge in [-0.25, -0.2) is 0 Å². The van der Waals surface area contributed by atoms with Gasteiger partial charge in [-0.3, -0.25) is 0 Å². The average molecular weight is 224 g/mol. The summed E-state index contributed by atoms with van der Waals surface area (Å²) in [6.07, 6.45) is 7.11. The van der Waals surface area contributed by atoms with Gasteiger partial charge in [0.2, 0.25) is 0 Å². The standard InChI is InChI=1S/C16H16O/c1-16(2,17)15-11-9-14(10-12-15)8-7-13-5-3-4-6-13/h3-5,9-12,17H,6H2,1-2H3. The molecule has 0 unspecified atom stereocenters. The van der Waals surface area contributed by atoms with E-state index in [-0.39, 0.29) is 0 Å². The van der Waals surface area contributed by atoms with Crippen LogP contribution in [-0.4, -0.2) is 5.11 Å². The van der Waals surface area contributed by atoms with Crippen LogP contribution in [0.2, 0.25) is 0 Å². The Hall–Kier alpha value is -1.78. The summed E-state index contributed by atoms with van der Waals surface area (Å²) in [5, 5.41) is 9.83. The second kappa shape index (κ2) is 4.61. The Balaban J connectivity index is 2.13. The summed E-state index contributed by atoms with van der Waals surface area (Å²) >= 11 is 0. The first-order valence-electron chi connectivity index (χ1n) is 5.76. The Kier molecular flexibility index (Phi) is 3.17. The van der Waals surface area contributed by atoms with Crippen molar-refractivity contribution in [1.82, 2.24) is 0 Å². The molecule has 1 N–H and O–H groups in total. The zero-order valence-corrected chi connectivity index (χ0v) is 10.2. The lowest BCUT2D eigenvalue weighted by Crippen LogP contribution is -2.14. The van der Waals surface area contributed by atoms with E-state index >= 15 is 0 Å². The minimum Gasteiger partial charge on any atom is -0.386 e. The van der Waals surface area contributed by atoms with E-state index in [0.29, 0.717) is 0 Å². The molecule has 1 aliphatic rings. The van der Waals surface area contributed by atoms with Crippen LogP contribution in [0.3, 0.4) is 0 Å². The van der Waals surface area contributed by atoms with Gasteiger partial charge >= 0.3 is 0 Å². The molecule has 86 valence electrons. The molecule has 0 saturated carbocycles. The number of aliphatic hydroxyl groups is 1. The van der Waals surface area contributed by atoms with Gasteiger partial charge in [0.15, 0.2) is 0 Å². The Morgan fingerprint density at radius 3 is 2.35 bits per heavy atom. The van der Waals surface area contributed by atoms with Crippen LogP contribution in [0.25, 0.3) is 0 Å². The molecule has 2 rings (SSSR count). The maximum absolute atomic E-state index is 9.83. The molecule has 1 nitrogen and oxygen atoms in total. The highest BCUT2D eigenvalue weighted by molar-refractivity contribution is 5.45. The molecule has 0 atom stereocenters. The predicted molar refractivity (Wildman–Crippen MR) is 70.4 cm³/mol. The van der Waals surface area contributed by atoms with Crippen molar-refractivity contribution in [3.63, 3.8) is 0 Å². The summed E-state index contributed by atoms with van der Waals surface area (Å²) in [5.41, 5.74) is 2.25. The van der Waals surface area contributed by atoms with Crippen LogP contribution in [0.4, 0.5) is 0 Å². The van der Waals surface area contributed by atoms with Gasteiger partial charge in [-0.05, 0) is 38.0 Å². The van der Waals surface area contributed by atoms with Crippen LogP contribution in [0.5, 0.6) is 0 Å². The minimum atomic E-state index is -0.788. The van der Waals surface area contributed by atoms with Crippen molar-refractivity contribution in [1.29, 1.82) is 0 Å². The number of benzene rings is 1. The van der Waals surface area contributed by atoms with Gasteiger partial charge in [-0.1, -0.05) is 42.2 Å². The molecule has 0 spiro atoms. The molecule has 0 radical (unpaired) electrons. The third-order valence-electron chi connectivity index (χ3n) is 2.73. The smallest absolute Gasteiger partial charge is 0.0840 e. The third-order valence-corrected chi connectivity index (χ3v) is 2.73. The molecule has 17 heavy (non-hydrogen) atoms. The highest BCUT2D eigenvalue weighted by atomic mass is 16.3. The monoisotopic (exact) mass is 224 g/mol. The molecule has 0 heterocycles. The van der Waals surface area contributed by atoms with Gasteiger partial charge in [-0.2, -0.15) is 0 Å². The quantitative estimate of drug-likeness (QED) is 0.726. The van der Waals surface area contributed by atoms with E-state index in [1.54, 1.807) is 13.8 Å². The van der Waals surface area contributed by atoms with Crippen LogP contribution < -0.4 is 0 Å². The number of hydrogen-bond acceptors (Lipinski definition) is 1. The van der Waals surface area contributed by atoms with E-state index in [1.165, 1.54) is 0 Å². The minimum absolute atomic E-state index is 0.788. The van der Waals surface area contributed by atoms with Crippen molar-refractivity contribution in [2.45, 2.75) is 25.9 Å². The topological polar surface area (TPSA) is 20.2 Å². The summed E-state index contributed by atoms with van der Waals surface area (Å²) in [5.74, 6) is 6.27. The molecule has 0 aromatic heterocycles. The van der Waals surface area contributed by atoms with Gasteiger partial charge in [0.1, 0.15) is 0 Å². The first-order valence-corrected chi connectivity index (χ1v) is 5.76. The Morgan fingerprint density at radius 2 is 1.82 bits per heavy atom. The Bertz CT molecular complexity index is 513. The molecule has 0 bridgehead atoms. The molecule has 1 aromatic carbocycles. The second-order valence-electron chi connectivity index (χ2n) is 4.71. The molecular formula is C16H16O. The van der Waals surface area contributed by atoms with E-state index in [1.807, 2.05) is 36.4 Å². The fourth-order valence-corrected chi connectivity index (χ4v) is 1.65. The molecule has 1 aliphatic carbocycles. The van der Waals surface area contributed by atoms with Crippen molar-refractivity contribution in [2.75, 3.05) is 0 Å². The molecular weight excluding hydrogens is 208 g/mol. The van der Waals surface area contributed by atoms with Crippen molar-refractivity contribution >= 4 is 0 Å². The maximum Gasteiger partial charge on any atom is 0.0840 e. The lowest BCUT2D eigenvalue weighted by Gasteiger charge is -2.17. The van der Waals surface area contributed by atoms with Crippen molar-refractivity contribution < 1.29 is 5.11 Å². The van der Waals surface area contributed by atoms with Gasteiger partial charge < -0.3 is 5.11 Å². The normalized spacial score (nSPS) is 14.2. The Labute approximate surface area is 102 Å². The summed E-state index contributed by atoms with van der Waals surface area (Å²) < 4.78 is 0. The van der Waals surface area contributed by atoms with E-state index in [2.05, 4.69) is 17.9 Å². The fraction of sp³-hybridized carbons (Fsp3) is 0.250. The largest absolute Gasteiger partial charge is 0.386 e. The fourth-order valence-electron chi connectivity index (χ4n) is 1.65. The average Bonchev–Trinajstić information content (AvgIpc) is 2.78. The van der Waals surface area contributed by atoms with E-state index in [0.717, 1.165) is 23.1 Å². The van der Waals surface area contributed by atoms with Gasteiger partial charge in [-0.15, -0.1) is 0 Å². The Morgan fingerprint density at radius 1 is 1.12 bits per heavy atom. The van der Waals surface area contributed by atoms with Crippen LogP contribution in [0.15, 0.2) is 48.1 Å². The van der Waals surface area contributed by atoms with Crippen molar-refractivity contribution in [3.05, 3.63) is 59.2 Å². The zero-order chi connectivity index (χ0) is 12.3. The molecule has 1 aromatic rings. The van der Waals surface area contributed by atoms with E-state index in [9.17, 15) is 5.11 Å². The van der Waals surface area contributed by atoms with E-state index in [4.69, 9.17) is 0 Å². The van der Waals surface area contributed by atoms with Crippen LogP contribution >= 0.6 is 0 Å². The first-order chi connectivity index (χ1) is 8.05. The number of rotatable bonds is 1. The van der Waals surface area contributed by atoms with Crippen LogP contribution in [0.1, 0.15) is 31.4 Å². The summed E-state index contributed by atoms with van der Waals surface area (Å²) in [6, 6.07) is 7.74. The highest BCUT2D eigenvalue weighted by Crippen LogP contribution is 2.19. The number of hydrogen-bond donors (Lipinski definition) is 1. The lowest BCUT2D eigenvalue weighted by molar-refractivity contribution is 0.0786. The molecule has 0 aliphatic heterocycles. The highest BCUT2D eigenvalue weighted by Gasteiger charge is 2.14. The predicted octanol–water partition coefficient (Wildman–Crippen LogP) is 3.15. The third kappa shape index (κ3) is 3.09. The molecule has 0 saturated heterocycles. The van der Waals surface area contributed by atoms with E-state index < -0.39 is 5.60 Å². The van der Waals surface area contributed by atoms with Crippen molar-refractivity contribution in [2.24, 2.45) is 0 Å². The van der Waals surface area contributed by atoms with Crippen molar-refractivity contribution in [3.8, 4) is 11.8 Å².